The number of ether oxygens (including phenoxy) is 1. The van der Waals surface area contributed by atoms with E-state index in [0.717, 1.165) is 22.9 Å². The van der Waals surface area contributed by atoms with Gasteiger partial charge in [-0.25, -0.2) is 9.78 Å². The Balaban J connectivity index is 1.67. The van der Waals surface area contributed by atoms with E-state index < -0.39 is 5.97 Å². The van der Waals surface area contributed by atoms with Gasteiger partial charge in [-0.3, -0.25) is 5.10 Å². The molecule has 1 heterocycles. The zero-order valence-corrected chi connectivity index (χ0v) is 17.7. The fourth-order valence-electron chi connectivity index (χ4n) is 2.33. The molecule has 0 saturated carbocycles. The van der Waals surface area contributed by atoms with E-state index in [2.05, 4.69) is 15.2 Å². The Bertz CT molecular complexity index is 1040. The lowest BCUT2D eigenvalue weighted by molar-refractivity contribution is -0.131. The van der Waals surface area contributed by atoms with Crippen molar-refractivity contribution < 1.29 is 14.6 Å². The second kappa shape index (κ2) is 9.82. The second-order valence-electron chi connectivity index (χ2n) is 5.93. The first-order valence-corrected chi connectivity index (χ1v) is 10.2. The SMILES string of the molecule is CCc1nc(S/C(=C\c2ccc(OCc3ccc(Cl)cc3Cl)cc2)C(=O)O)n[nH]1. The first-order chi connectivity index (χ1) is 13.9. The zero-order chi connectivity index (χ0) is 20.8. The molecule has 0 aliphatic heterocycles. The van der Waals surface area contributed by atoms with Gasteiger partial charge in [0.1, 0.15) is 23.1 Å². The molecule has 2 aromatic carbocycles. The van der Waals surface area contributed by atoms with Gasteiger partial charge in [-0.2, -0.15) is 0 Å². The third-order valence-electron chi connectivity index (χ3n) is 3.85. The third kappa shape index (κ3) is 6.00. The molecule has 2 N–H and O–H groups in total. The summed E-state index contributed by atoms with van der Waals surface area (Å²) in [6.45, 7) is 2.24. The van der Waals surface area contributed by atoms with E-state index in [9.17, 15) is 9.90 Å². The van der Waals surface area contributed by atoms with E-state index in [4.69, 9.17) is 27.9 Å². The predicted octanol–water partition coefficient (Wildman–Crippen LogP) is 5.47. The van der Waals surface area contributed by atoms with Crippen LogP contribution in [0.25, 0.3) is 6.08 Å². The topological polar surface area (TPSA) is 88.1 Å². The van der Waals surface area contributed by atoms with Crippen molar-refractivity contribution in [1.82, 2.24) is 15.2 Å². The highest BCUT2D eigenvalue weighted by Gasteiger charge is 2.13. The predicted molar refractivity (Wildman–Crippen MR) is 114 cm³/mol. The van der Waals surface area contributed by atoms with E-state index in [0.29, 0.717) is 39.8 Å². The van der Waals surface area contributed by atoms with Crippen LogP contribution in [0, 0.1) is 0 Å². The number of aryl methyl sites for hydroxylation is 1. The number of aromatic amines is 1. The summed E-state index contributed by atoms with van der Waals surface area (Å²) in [4.78, 5) is 15.9. The summed E-state index contributed by atoms with van der Waals surface area (Å²) in [5.41, 5.74) is 1.54. The van der Waals surface area contributed by atoms with E-state index in [1.165, 1.54) is 0 Å². The molecule has 29 heavy (non-hydrogen) atoms. The highest BCUT2D eigenvalue weighted by Crippen LogP contribution is 2.27. The fraction of sp³-hybridized carbons (Fsp3) is 0.150. The van der Waals surface area contributed by atoms with Crippen molar-refractivity contribution >= 4 is 47.0 Å². The Morgan fingerprint density at radius 3 is 2.62 bits per heavy atom. The molecule has 0 saturated heterocycles. The van der Waals surface area contributed by atoms with Crippen molar-refractivity contribution in [3.05, 3.63) is 74.4 Å². The van der Waals surface area contributed by atoms with Gasteiger partial charge in [0.25, 0.3) is 0 Å². The largest absolute Gasteiger partial charge is 0.489 e. The molecule has 0 spiro atoms. The fourth-order valence-corrected chi connectivity index (χ4v) is 3.52. The normalized spacial score (nSPS) is 11.5. The molecule has 0 unspecified atom stereocenters. The molecule has 0 radical (unpaired) electrons. The van der Waals surface area contributed by atoms with Gasteiger partial charge in [0.2, 0.25) is 5.16 Å². The summed E-state index contributed by atoms with van der Waals surface area (Å²) < 4.78 is 5.74. The highest BCUT2D eigenvalue weighted by atomic mass is 35.5. The van der Waals surface area contributed by atoms with Crippen LogP contribution in [-0.2, 0) is 17.8 Å². The Labute approximate surface area is 181 Å². The number of hydrogen-bond acceptors (Lipinski definition) is 5. The number of H-pyrrole nitrogens is 1. The number of benzene rings is 2. The minimum Gasteiger partial charge on any atom is -0.489 e. The second-order valence-corrected chi connectivity index (χ2v) is 7.78. The van der Waals surface area contributed by atoms with Crippen LogP contribution in [0.2, 0.25) is 10.0 Å². The van der Waals surface area contributed by atoms with Gasteiger partial charge < -0.3 is 9.84 Å². The molecule has 0 amide bonds. The van der Waals surface area contributed by atoms with Crippen molar-refractivity contribution in [3.8, 4) is 5.75 Å². The van der Waals surface area contributed by atoms with Gasteiger partial charge in [0, 0.05) is 22.0 Å². The van der Waals surface area contributed by atoms with Gasteiger partial charge in [-0.05, 0) is 47.7 Å². The van der Waals surface area contributed by atoms with Gasteiger partial charge in [-0.15, -0.1) is 5.10 Å². The van der Waals surface area contributed by atoms with Gasteiger partial charge in [0.05, 0.1) is 0 Å². The number of nitrogens with one attached hydrogen (secondary N) is 1. The van der Waals surface area contributed by atoms with Gasteiger partial charge in [0.15, 0.2) is 0 Å². The number of rotatable bonds is 8. The van der Waals surface area contributed by atoms with Crippen LogP contribution in [0.15, 0.2) is 52.5 Å². The zero-order valence-electron chi connectivity index (χ0n) is 15.4. The van der Waals surface area contributed by atoms with Crippen LogP contribution in [0.3, 0.4) is 0 Å². The molecule has 6 nitrogen and oxygen atoms in total. The van der Waals surface area contributed by atoms with Gasteiger partial charge >= 0.3 is 5.97 Å². The summed E-state index contributed by atoms with van der Waals surface area (Å²) in [7, 11) is 0. The lowest BCUT2D eigenvalue weighted by Gasteiger charge is -2.08. The van der Waals surface area contributed by atoms with Crippen LogP contribution in [0.4, 0.5) is 0 Å². The standard InChI is InChI=1S/C20H17Cl2N3O3S/c1-2-18-23-20(25-24-18)29-17(19(26)27)9-12-3-7-15(8-4-12)28-11-13-5-6-14(21)10-16(13)22/h3-10H,2,11H2,1H3,(H,26,27)(H,23,24,25)/b17-9-. The summed E-state index contributed by atoms with van der Waals surface area (Å²) in [6, 6.07) is 12.3. The van der Waals surface area contributed by atoms with Crippen LogP contribution in [0.1, 0.15) is 23.9 Å². The molecule has 0 aliphatic rings. The first kappa shape index (κ1) is 21.2. The molecule has 3 rings (SSSR count). The monoisotopic (exact) mass is 449 g/mol. The number of thioether (sulfide) groups is 1. The summed E-state index contributed by atoms with van der Waals surface area (Å²) in [5.74, 6) is 0.300. The van der Waals surface area contributed by atoms with E-state index in [1.54, 1.807) is 42.5 Å². The molecule has 9 heteroatoms. The maximum atomic E-state index is 11.6. The molecular weight excluding hydrogens is 433 g/mol. The van der Waals surface area contributed by atoms with Crippen LogP contribution >= 0.6 is 35.0 Å². The summed E-state index contributed by atoms with van der Waals surface area (Å²) >= 11 is 13.0. The van der Waals surface area contributed by atoms with Crippen LogP contribution < -0.4 is 4.74 Å². The Hall–Kier alpha value is -2.48. The third-order valence-corrected chi connectivity index (χ3v) is 5.31. The number of carboxylic acid groups (broad SMARTS) is 1. The smallest absolute Gasteiger partial charge is 0.342 e. The van der Waals surface area contributed by atoms with Crippen molar-refractivity contribution in [2.24, 2.45) is 0 Å². The Morgan fingerprint density at radius 2 is 2.00 bits per heavy atom. The van der Waals surface area contributed by atoms with Crippen molar-refractivity contribution in [2.75, 3.05) is 0 Å². The molecular formula is C20H17Cl2N3O3S. The maximum Gasteiger partial charge on any atom is 0.342 e. The average molecular weight is 450 g/mol. The number of nitrogens with zero attached hydrogens (tertiary/aromatic N) is 2. The molecule has 0 bridgehead atoms. The number of halogens is 2. The lowest BCUT2D eigenvalue weighted by atomic mass is 10.2. The Kier molecular flexibility index (Phi) is 7.19. The number of hydrogen-bond donors (Lipinski definition) is 2. The molecule has 0 atom stereocenters. The van der Waals surface area contributed by atoms with E-state index in [1.807, 2.05) is 13.0 Å². The van der Waals surface area contributed by atoms with Crippen molar-refractivity contribution in [1.29, 1.82) is 0 Å². The lowest BCUT2D eigenvalue weighted by Crippen LogP contribution is -1.98. The molecule has 150 valence electrons. The number of carboxylic acids is 1. The molecule has 3 aromatic rings. The maximum absolute atomic E-state index is 11.6. The minimum absolute atomic E-state index is 0.119. The molecule has 0 aliphatic carbocycles. The van der Waals surface area contributed by atoms with E-state index in [-0.39, 0.29) is 4.91 Å². The number of aromatic nitrogens is 3. The average Bonchev–Trinajstić information content (AvgIpc) is 3.15. The summed E-state index contributed by atoms with van der Waals surface area (Å²) in [6.07, 6.45) is 2.26. The van der Waals surface area contributed by atoms with Crippen LogP contribution in [0.5, 0.6) is 5.75 Å². The van der Waals surface area contributed by atoms with Crippen LogP contribution in [-0.4, -0.2) is 26.3 Å². The first-order valence-electron chi connectivity index (χ1n) is 8.65. The molecule has 0 fully saturated rings. The number of carbonyl (C=O) groups is 1. The van der Waals surface area contributed by atoms with Crippen molar-refractivity contribution in [2.45, 2.75) is 25.1 Å². The Morgan fingerprint density at radius 1 is 1.24 bits per heavy atom. The minimum atomic E-state index is -1.05. The quantitative estimate of drug-likeness (QED) is 0.350. The molecule has 1 aromatic heterocycles. The summed E-state index contributed by atoms with van der Waals surface area (Å²) in [5, 5.41) is 17.7. The van der Waals surface area contributed by atoms with Crippen molar-refractivity contribution in [3.63, 3.8) is 0 Å². The number of aliphatic carboxylic acids is 1. The van der Waals surface area contributed by atoms with Gasteiger partial charge in [-0.1, -0.05) is 48.3 Å². The van der Waals surface area contributed by atoms with E-state index >= 15 is 0 Å². The highest BCUT2D eigenvalue weighted by molar-refractivity contribution is 8.04.